The van der Waals surface area contributed by atoms with Crippen LogP contribution in [0.15, 0.2) is 18.2 Å². The molecule has 0 unspecified atom stereocenters. The lowest BCUT2D eigenvalue weighted by atomic mass is 10.2. The minimum atomic E-state index is 0.821. The van der Waals surface area contributed by atoms with Gasteiger partial charge in [0.1, 0.15) is 0 Å². The highest BCUT2D eigenvalue weighted by molar-refractivity contribution is 5.11. The van der Waals surface area contributed by atoms with Gasteiger partial charge in [0, 0.05) is 18.3 Å². The Morgan fingerprint density at radius 2 is 2.07 bits per heavy atom. The van der Waals surface area contributed by atoms with E-state index >= 15 is 0 Å². The van der Waals surface area contributed by atoms with Gasteiger partial charge < -0.3 is 0 Å². The van der Waals surface area contributed by atoms with Crippen molar-refractivity contribution in [3.05, 3.63) is 29.6 Å². The van der Waals surface area contributed by atoms with Crippen molar-refractivity contribution in [3.8, 4) is 0 Å². The highest BCUT2D eigenvalue weighted by atomic mass is 15.2. The van der Waals surface area contributed by atoms with Gasteiger partial charge in [-0.05, 0) is 38.4 Å². The number of hydrogen-bond acceptors (Lipinski definition) is 2. The van der Waals surface area contributed by atoms with E-state index < -0.39 is 0 Å². The molecular weight excluding hydrogens is 172 g/mol. The van der Waals surface area contributed by atoms with E-state index in [1.807, 2.05) is 0 Å². The van der Waals surface area contributed by atoms with Crippen molar-refractivity contribution >= 4 is 0 Å². The molecule has 1 fully saturated rings. The molecule has 1 heterocycles. The minimum absolute atomic E-state index is 0.821. The summed E-state index contributed by atoms with van der Waals surface area (Å²) >= 11 is 0. The molecule has 0 radical (unpaired) electrons. The molecule has 0 N–H and O–H groups in total. The topological polar surface area (TPSA) is 16.1 Å². The maximum atomic E-state index is 4.60. The Labute approximate surface area is 86.0 Å². The fourth-order valence-corrected chi connectivity index (χ4v) is 1.71. The molecule has 0 spiro atoms. The number of nitrogens with zero attached hydrogens (tertiary/aromatic N) is 2. The van der Waals surface area contributed by atoms with Crippen molar-refractivity contribution in [2.45, 2.75) is 38.8 Å². The average molecular weight is 190 g/mol. The third kappa shape index (κ3) is 2.32. The first-order chi connectivity index (χ1) is 6.79. The van der Waals surface area contributed by atoms with Gasteiger partial charge in [0.05, 0.1) is 5.69 Å². The Morgan fingerprint density at radius 1 is 1.36 bits per heavy atom. The van der Waals surface area contributed by atoms with E-state index in [1.54, 1.807) is 0 Å². The van der Waals surface area contributed by atoms with Crippen LogP contribution in [0.5, 0.6) is 0 Å². The molecule has 0 amide bonds. The molecule has 2 rings (SSSR count). The van der Waals surface area contributed by atoms with Crippen molar-refractivity contribution in [2.24, 2.45) is 0 Å². The normalized spacial score (nSPS) is 16.2. The first kappa shape index (κ1) is 9.66. The summed E-state index contributed by atoms with van der Waals surface area (Å²) < 4.78 is 0. The summed E-state index contributed by atoms with van der Waals surface area (Å²) in [7, 11) is 2.19. The fourth-order valence-electron chi connectivity index (χ4n) is 1.71. The zero-order chi connectivity index (χ0) is 9.97. The molecule has 0 aliphatic heterocycles. The van der Waals surface area contributed by atoms with E-state index in [0.717, 1.165) is 19.0 Å². The maximum absolute atomic E-state index is 4.60. The summed E-state index contributed by atoms with van der Waals surface area (Å²) in [6.45, 7) is 3.15. The van der Waals surface area contributed by atoms with E-state index in [-0.39, 0.29) is 0 Å². The molecule has 2 heteroatoms. The summed E-state index contributed by atoms with van der Waals surface area (Å²) in [5.41, 5.74) is 2.41. The van der Waals surface area contributed by atoms with Crippen molar-refractivity contribution < 1.29 is 0 Å². The summed E-state index contributed by atoms with van der Waals surface area (Å²) in [5, 5.41) is 0. The van der Waals surface area contributed by atoms with Crippen molar-refractivity contribution in [3.63, 3.8) is 0 Å². The van der Waals surface area contributed by atoms with Crippen LogP contribution < -0.4 is 0 Å². The molecule has 1 aromatic rings. The zero-order valence-corrected chi connectivity index (χ0v) is 9.03. The predicted molar refractivity (Wildman–Crippen MR) is 58.1 cm³/mol. The van der Waals surface area contributed by atoms with Gasteiger partial charge in [0.15, 0.2) is 0 Å². The van der Waals surface area contributed by atoms with Gasteiger partial charge in [0.25, 0.3) is 0 Å². The number of aryl methyl sites for hydroxylation is 1. The van der Waals surface area contributed by atoms with Gasteiger partial charge in [0.2, 0.25) is 0 Å². The lowest BCUT2D eigenvalue weighted by Gasteiger charge is -2.15. The second-order valence-electron chi connectivity index (χ2n) is 4.12. The van der Waals surface area contributed by atoms with Gasteiger partial charge in [-0.2, -0.15) is 0 Å². The molecule has 1 saturated carbocycles. The van der Waals surface area contributed by atoms with Gasteiger partial charge in [-0.1, -0.05) is 13.0 Å². The SMILES string of the molecule is CCc1cccc(CN(C)C2CC2)n1. The lowest BCUT2D eigenvalue weighted by Crippen LogP contribution is -2.20. The standard InChI is InChI=1S/C12H18N2/c1-3-10-5-4-6-11(13-10)9-14(2)12-7-8-12/h4-6,12H,3,7-9H2,1-2H3. The molecule has 0 aromatic carbocycles. The van der Waals surface area contributed by atoms with E-state index in [1.165, 1.54) is 24.2 Å². The first-order valence-corrected chi connectivity index (χ1v) is 5.44. The Kier molecular flexibility index (Phi) is 2.82. The molecule has 1 aliphatic carbocycles. The van der Waals surface area contributed by atoms with Gasteiger partial charge in [-0.15, -0.1) is 0 Å². The van der Waals surface area contributed by atoms with Crippen molar-refractivity contribution in [1.82, 2.24) is 9.88 Å². The predicted octanol–water partition coefficient (Wildman–Crippen LogP) is 2.24. The first-order valence-electron chi connectivity index (χ1n) is 5.44. The summed E-state index contributed by atoms with van der Waals surface area (Å²) in [6.07, 6.45) is 3.76. The molecular formula is C12H18N2. The molecule has 2 nitrogen and oxygen atoms in total. The minimum Gasteiger partial charge on any atom is -0.298 e. The number of pyridine rings is 1. The third-order valence-electron chi connectivity index (χ3n) is 2.81. The summed E-state index contributed by atoms with van der Waals surface area (Å²) in [4.78, 5) is 7.00. The molecule has 1 aromatic heterocycles. The zero-order valence-electron chi connectivity index (χ0n) is 9.03. The molecule has 76 valence electrons. The molecule has 0 atom stereocenters. The van der Waals surface area contributed by atoms with E-state index in [9.17, 15) is 0 Å². The molecule has 0 bridgehead atoms. The Hall–Kier alpha value is -0.890. The van der Waals surface area contributed by atoms with Crippen LogP contribution in [0, 0.1) is 0 Å². The number of aromatic nitrogens is 1. The maximum Gasteiger partial charge on any atom is 0.0547 e. The lowest BCUT2D eigenvalue weighted by molar-refractivity contribution is 0.312. The Balaban J connectivity index is 2.00. The monoisotopic (exact) mass is 190 g/mol. The molecule has 14 heavy (non-hydrogen) atoms. The van der Waals surface area contributed by atoms with Gasteiger partial charge in [-0.3, -0.25) is 9.88 Å². The third-order valence-corrected chi connectivity index (χ3v) is 2.81. The van der Waals surface area contributed by atoms with E-state index in [4.69, 9.17) is 0 Å². The Bertz CT molecular complexity index is 305. The quantitative estimate of drug-likeness (QED) is 0.724. The van der Waals surface area contributed by atoms with Crippen LogP contribution in [0.3, 0.4) is 0 Å². The fraction of sp³-hybridized carbons (Fsp3) is 0.583. The number of rotatable bonds is 4. The van der Waals surface area contributed by atoms with Crippen LogP contribution in [0.25, 0.3) is 0 Å². The number of hydrogen-bond donors (Lipinski definition) is 0. The Morgan fingerprint density at radius 3 is 2.71 bits per heavy atom. The average Bonchev–Trinajstić information content (AvgIpc) is 3.01. The van der Waals surface area contributed by atoms with Crippen LogP contribution >= 0.6 is 0 Å². The van der Waals surface area contributed by atoms with E-state index in [0.29, 0.717) is 0 Å². The second-order valence-corrected chi connectivity index (χ2v) is 4.12. The van der Waals surface area contributed by atoms with Gasteiger partial charge in [-0.25, -0.2) is 0 Å². The largest absolute Gasteiger partial charge is 0.298 e. The van der Waals surface area contributed by atoms with Crippen molar-refractivity contribution in [1.29, 1.82) is 0 Å². The van der Waals surface area contributed by atoms with Crippen LogP contribution in [0.1, 0.15) is 31.2 Å². The van der Waals surface area contributed by atoms with Crippen LogP contribution in [0.2, 0.25) is 0 Å². The van der Waals surface area contributed by atoms with Crippen LogP contribution in [-0.4, -0.2) is 23.0 Å². The van der Waals surface area contributed by atoms with Crippen LogP contribution in [-0.2, 0) is 13.0 Å². The summed E-state index contributed by atoms with van der Waals surface area (Å²) in [6, 6.07) is 7.16. The highest BCUT2D eigenvalue weighted by Gasteiger charge is 2.25. The van der Waals surface area contributed by atoms with Crippen molar-refractivity contribution in [2.75, 3.05) is 7.05 Å². The summed E-state index contributed by atoms with van der Waals surface area (Å²) in [5.74, 6) is 0. The smallest absolute Gasteiger partial charge is 0.0547 e. The highest BCUT2D eigenvalue weighted by Crippen LogP contribution is 2.26. The van der Waals surface area contributed by atoms with E-state index in [2.05, 4.69) is 42.1 Å². The molecule has 0 saturated heterocycles. The van der Waals surface area contributed by atoms with Gasteiger partial charge >= 0.3 is 0 Å². The van der Waals surface area contributed by atoms with Crippen LogP contribution in [0.4, 0.5) is 0 Å². The second kappa shape index (κ2) is 4.09. The molecule has 1 aliphatic rings.